The van der Waals surface area contributed by atoms with E-state index in [1.54, 1.807) is 14.2 Å². The number of allylic oxidation sites excluding steroid dienone is 1. The molecule has 2 aromatic carbocycles. The largest absolute Gasteiger partial charge is 0.496 e. The number of methoxy groups -OCH3 is 2. The Morgan fingerprint density at radius 3 is 1.86 bits per heavy atom. The quantitative estimate of drug-likeness (QED) is 0.438. The summed E-state index contributed by atoms with van der Waals surface area (Å²) >= 11 is 0. The van der Waals surface area contributed by atoms with Crippen molar-refractivity contribution in [3.63, 3.8) is 0 Å². The highest BCUT2D eigenvalue weighted by Crippen LogP contribution is 2.44. The van der Waals surface area contributed by atoms with Crippen LogP contribution in [0.5, 0.6) is 11.5 Å². The summed E-state index contributed by atoms with van der Waals surface area (Å²) in [7, 11) is 3.36. The van der Waals surface area contributed by atoms with Gasteiger partial charge in [0, 0.05) is 11.1 Å². The Hall–Kier alpha value is -2.38. The van der Waals surface area contributed by atoms with Gasteiger partial charge in [-0.05, 0) is 62.1 Å². The van der Waals surface area contributed by atoms with Gasteiger partial charge >= 0.3 is 0 Å². The molecule has 4 rings (SSSR count). The van der Waals surface area contributed by atoms with E-state index in [0.29, 0.717) is 0 Å². The van der Waals surface area contributed by atoms with Crippen molar-refractivity contribution in [3.8, 4) is 11.5 Å². The third-order valence-electron chi connectivity index (χ3n) is 7.06. The topological polar surface area (TPSA) is 55.4 Å². The fraction of sp³-hybridized carbons (Fsp3) is 0.517. The first kappa shape index (κ1) is 25.7. The maximum atomic E-state index is 6.61. The van der Waals surface area contributed by atoms with Gasteiger partial charge in [0.1, 0.15) is 29.8 Å². The third kappa shape index (κ3) is 5.26. The maximum absolute atomic E-state index is 6.61. The summed E-state index contributed by atoms with van der Waals surface area (Å²) < 4.78 is 37.1. The van der Waals surface area contributed by atoms with Crippen LogP contribution >= 0.6 is 0 Å². The third-order valence-corrected chi connectivity index (χ3v) is 7.06. The molecule has 2 aliphatic rings. The highest BCUT2D eigenvalue weighted by molar-refractivity contribution is 5.38. The number of fused-ring (bicyclic) bond motifs is 1. The number of aryl methyl sites for hydroxylation is 2. The number of ether oxygens (including phenoxy) is 6. The number of hydrogen-bond acceptors (Lipinski definition) is 6. The molecule has 2 aromatic rings. The van der Waals surface area contributed by atoms with E-state index in [9.17, 15) is 0 Å². The molecule has 35 heavy (non-hydrogen) atoms. The van der Waals surface area contributed by atoms with Crippen molar-refractivity contribution in [3.05, 3.63) is 70.8 Å². The first-order valence-corrected chi connectivity index (χ1v) is 12.4. The standard InChI is InChI=1S/C29H38O6/c1-8-10-24-26-27(35-28(32-24)20-11-13-22(30-6)18(4)15-20)25(17(3)9-2)33-29(34-26)21-12-14-23(31-7)19(5)16-21/h8,10-17,24-29H,9H2,1-7H3. The summed E-state index contributed by atoms with van der Waals surface area (Å²) in [5.41, 5.74) is 3.98. The van der Waals surface area contributed by atoms with Crippen molar-refractivity contribution in [1.82, 2.24) is 0 Å². The molecule has 2 aliphatic heterocycles. The van der Waals surface area contributed by atoms with Crippen LogP contribution in [-0.4, -0.2) is 38.6 Å². The second-order valence-corrected chi connectivity index (χ2v) is 9.44. The zero-order valence-corrected chi connectivity index (χ0v) is 21.8. The van der Waals surface area contributed by atoms with Crippen molar-refractivity contribution in [1.29, 1.82) is 0 Å². The van der Waals surface area contributed by atoms with Crippen molar-refractivity contribution in [2.24, 2.45) is 5.92 Å². The maximum Gasteiger partial charge on any atom is 0.185 e. The lowest BCUT2D eigenvalue weighted by Crippen LogP contribution is -2.59. The molecule has 0 saturated carbocycles. The average Bonchev–Trinajstić information content (AvgIpc) is 2.87. The minimum absolute atomic E-state index is 0.148. The molecule has 6 nitrogen and oxygen atoms in total. The van der Waals surface area contributed by atoms with Gasteiger partial charge in [-0.15, -0.1) is 0 Å². The lowest BCUT2D eigenvalue weighted by molar-refractivity contribution is -0.381. The summed E-state index contributed by atoms with van der Waals surface area (Å²) in [6, 6.07) is 12.0. The first-order valence-electron chi connectivity index (χ1n) is 12.4. The highest BCUT2D eigenvalue weighted by Gasteiger charge is 2.50. The first-order chi connectivity index (χ1) is 16.9. The fourth-order valence-electron chi connectivity index (χ4n) is 4.92. The molecule has 7 unspecified atom stereocenters. The molecular formula is C29H38O6. The van der Waals surface area contributed by atoms with Crippen LogP contribution in [0.3, 0.4) is 0 Å². The Morgan fingerprint density at radius 1 is 0.829 bits per heavy atom. The Labute approximate surface area is 209 Å². The van der Waals surface area contributed by atoms with E-state index in [1.807, 2.05) is 51.1 Å². The van der Waals surface area contributed by atoms with Crippen molar-refractivity contribution in [2.45, 2.75) is 78.0 Å². The SMILES string of the molecule is CC=CC1OC(c2ccc(OC)c(C)c2)OC2C(C(C)CC)OC(c3ccc(OC)c(C)c3)OC12. The summed E-state index contributed by atoms with van der Waals surface area (Å²) in [6.45, 7) is 10.4. The minimum atomic E-state index is -0.527. The molecular weight excluding hydrogens is 444 g/mol. The smallest absolute Gasteiger partial charge is 0.185 e. The number of rotatable bonds is 7. The van der Waals surface area contributed by atoms with Gasteiger partial charge in [-0.3, -0.25) is 0 Å². The Kier molecular flexibility index (Phi) is 8.17. The van der Waals surface area contributed by atoms with Gasteiger partial charge < -0.3 is 28.4 Å². The molecule has 2 heterocycles. The van der Waals surface area contributed by atoms with Crippen LogP contribution in [0.2, 0.25) is 0 Å². The molecule has 7 atom stereocenters. The van der Waals surface area contributed by atoms with Gasteiger partial charge in [0.2, 0.25) is 0 Å². The van der Waals surface area contributed by atoms with E-state index >= 15 is 0 Å². The van der Waals surface area contributed by atoms with E-state index in [2.05, 4.69) is 32.1 Å². The zero-order chi connectivity index (χ0) is 25.1. The van der Waals surface area contributed by atoms with Gasteiger partial charge in [-0.1, -0.05) is 44.6 Å². The van der Waals surface area contributed by atoms with Crippen LogP contribution in [0, 0.1) is 19.8 Å². The lowest BCUT2D eigenvalue weighted by Gasteiger charge is -2.50. The Morgan fingerprint density at radius 2 is 1.37 bits per heavy atom. The molecule has 0 aromatic heterocycles. The molecule has 2 fully saturated rings. The van der Waals surface area contributed by atoms with E-state index in [1.165, 1.54) is 0 Å². The van der Waals surface area contributed by atoms with Gasteiger partial charge in [0.05, 0.1) is 20.3 Å². The van der Waals surface area contributed by atoms with Crippen LogP contribution < -0.4 is 9.47 Å². The molecule has 0 aliphatic carbocycles. The fourth-order valence-corrected chi connectivity index (χ4v) is 4.92. The van der Waals surface area contributed by atoms with Gasteiger partial charge in [0.25, 0.3) is 0 Å². The predicted octanol–water partition coefficient (Wildman–Crippen LogP) is 6.21. The molecule has 2 saturated heterocycles. The summed E-state index contributed by atoms with van der Waals surface area (Å²) in [5, 5.41) is 0. The Bertz CT molecular complexity index is 1030. The highest BCUT2D eigenvalue weighted by atomic mass is 16.8. The van der Waals surface area contributed by atoms with Crippen LogP contribution in [0.15, 0.2) is 48.6 Å². The van der Waals surface area contributed by atoms with E-state index in [0.717, 1.165) is 40.2 Å². The lowest BCUT2D eigenvalue weighted by atomic mass is 9.89. The molecule has 0 amide bonds. The van der Waals surface area contributed by atoms with Crippen LogP contribution in [-0.2, 0) is 18.9 Å². The Balaban J connectivity index is 1.67. The number of benzene rings is 2. The zero-order valence-electron chi connectivity index (χ0n) is 21.8. The van der Waals surface area contributed by atoms with Crippen molar-refractivity contribution >= 4 is 0 Å². The summed E-state index contributed by atoms with van der Waals surface area (Å²) in [5.74, 6) is 1.96. The van der Waals surface area contributed by atoms with Crippen molar-refractivity contribution < 1.29 is 28.4 Å². The normalized spacial score (nSPS) is 29.6. The van der Waals surface area contributed by atoms with Crippen molar-refractivity contribution in [2.75, 3.05) is 14.2 Å². The summed E-state index contributed by atoms with van der Waals surface area (Å²) in [6.07, 6.45) is 2.98. The van der Waals surface area contributed by atoms with Gasteiger partial charge in [-0.2, -0.15) is 0 Å². The summed E-state index contributed by atoms with van der Waals surface area (Å²) in [4.78, 5) is 0. The molecule has 190 valence electrons. The molecule has 0 spiro atoms. The number of hydrogen-bond donors (Lipinski definition) is 0. The minimum Gasteiger partial charge on any atom is -0.496 e. The monoisotopic (exact) mass is 482 g/mol. The van der Waals surface area contributed by atoms with E-state index in [-0.39, 0.29) is 30.3 Å². The van der Waals surface area contributed by atoms with Crippen LogP contribution in [0.1, 0.15) is 62.0 Å². The molecule has 6 heteroatoms. The second kappa shape index (κ2) is 11.1. The van der Waals surface area contributed by atoms with Crippen LogP contribution in [0.4, 0.5) is 0 Å². The van der Waals surface area contributed by atoms with Gasteiger partial charge in [-0.25, -0.2) is 0 Å². The average molecular weight is 483 g/mol. The second-order valence-electron chi connectivity index (χ2n) is 9.44. The van der Waals surface area contributed by atoms with E-state index < -0.39 is 12.6 Å². The molecule has 0 bridgehead atoms. The molecule has 0 radical (unpaired) electrons. The van der Waals surface area contributed by atoms with Gasteiger partial charge in [0.15, 0.2) is 12.6 Å². The molecule has 0 N–H and O–H groups in total. The predicted molar refractivity (Wildman–Crippen MR) is 135 cm³/mol. The van der Waals surface area contributed by atoms with Crippen LogP contribution in [0.25, 0.3) is 0 Å². The van der Waals surface area contributed by atoms with E-state index in [4.69, 9.17) is 28.4 Å².